The summed E-state index contributed by atoms with van der Waals surface area (Å²) in [6.07, 6.45) is 3.00. The van der Waals surface area contributed by atoms with Crippen molar-refractivity contribution in [3.63, 3.8) is 0 Å². The van der Waals surface area contributed by atoms with Crippen LogP contribution in [0.15, 0.2) is 24.4 Å². The number of nitrogens with one attached hydrogen (secondary N) is 1. The lowest BCUT2D eigenvalue weighted by atomic mass is 10.2. The van der Waals surface area contributed by atoms with E-state index in [1.165, 1.54) is 4.88 Å². The van der Waals surface area contributed by atoms with Gasteiger partial charge in [0.15, 0.2) is 0 Å². The van der Waals surface area contributed by atoms with Gasteiger partial charge < -0.3 is 10.4 Å². The van der Waals surface area contributed by atoms with Crippen molar-refractivity contribution in [3.8, 4) is 16.3 Å². The maximum absolute atomic E-state index is 9.38. The smallest absolute Gasteiger partial charge is 0.134 e. The molecule has 2 N–H and O–H groups in total. The summed E-state index contributed by atoms with van der Waals surface area (Å²) in [5.41, 5.74) is 0.935. The molecule has 0 unspecified atom stereocenters. The monoisotopic (exact) mass is 282 g/mol. The van der Waals surface area contributed by atoms with Crippen molar-refractivity contribution in [2.75, 3.05) is 6.54 Å². The third-order valence-corrected chi connectivity index (χ3v) is 3.82. The van der Waals surface area contributed by atoms with Gasteiger partial charge in [0.25, 0.3) is 0 Å². The van der Waals surface area contributed by atoms with Crippen molar-refractivity contribution >= 4 is 22.9 Å². The van der Waals surface area contributed by atoms with E-state index in [2.05, 4.69) is 17.2 Å². The highest BCUT2D eigenvalue weighted by Crippen LogP contribution is 2.31. The Morgan fingerprint density at radius 2 is 2.28 bits per heavy atom. The number of hydrogen-bond donors (Lipinski definition) is 2. The van der Waals surface area contributed by atoms with Gasteiger partial charge >= 0.3 is 0 Å². The third kappa shape index (κ3) is 3.22. The number of phenolic OH excluding ortho intramolecular Hbond substituents is 1. The zero-order valence-electron chi connectivity index (χ0n) is 10.1. The van der Waals surface area contributed by atoms with Gasteiger partial charge in [0, 0.05) is 23.2 Å². The second-order valence-corrected chi connectivity index (χ2v) is 5.50. The fourth-order valence-corrected chi connectivity index (χ4v) is 2.61. The highest BCUT2D eigenvalue weighted by molar-refractivity contribution is 7.15. The molecule has 0 bridgehead atoms. The molecule has 0 saturated carbocycles. The van der Waals surface area contributed by atoms with Gasteiger partial charge in [-0.25, -0.2) is 4.98 Å². The van der Waals surface area contributed by atoms with Gasteiger partial charge in [0.2, 0.25) is 0 Å². The van der Waals surface area contributed by atoms with Crippen LogP contribution in [-0.2, 0) is 6.54 Å². The van der Waals surface area contributed by atoms with Crippen LogP contribution in [0.4, 0.5) is 0 Å². The first-order valence-corrected chi connectivity index (χ1v) is 7.04. The summed E-state index contributed by atoms with van der Waals surface area (Å²) in [5, 5.41) is 14.0. The van der Waals surface area contributed by atoms with E-state index in [1.54, 1.807) is 23.5 Å². The molecule has 1 heterocycles. The summed E-state index contributed by atoms with van der Waals surface area (Å²) in [6, 6.07) is 5.15. The van der Waals surface area contributed by atoms with Crippen molar-refractivity contribution < 1.29 is 5.11 Å². The highest BCUT2D eigenvalue weighted by Gasteiger charge is 2.07. The molecule has 0 aliphatic carbocycles. The first-order valence-electron chi connectivity index (χ1n) is 5.85. The molecule has 0 fully saturated rings. The molecule has 3 nitrogen and oxygen atoms in total. The van der Waals surface area contributed by atoms with Crippen molar-refractivity contribution in [3.05, 3.63) is 34.3 Å². The summed E-state index contributed by atoms with van der Waals surface area (Å²) < 4.78 is 0. The standard InChI is InChI=1S/C13H15ClN2OS/c1-2-5-15-7-10-8-16-13(18-10)9-3-4-12(17)11(14)6-9/h3-4,6,8,15,17H,2,5,7H2,1H3. The van der Waals surface area contributed by atoms with Crippen LogP contribution in [0.5, 0.6) is 5.75 Å². The molecule has 1 aromatic heterocycles. The molecule has 1 aromatic carbocycles. The van der Waals surface area contributed by atoms with Crippen LogP contribution in [0.25, 0.3) is 10.6 Å². The number of thiazole rings is 1. The van der Waals surface area contributed by atoms with Gasteiger partial charge in [-0.15, -0.1) is 11.3 Å². The van der Waals surface area contributed by atoms with Gasteiger partial charge in [-0.2, -0.15) is 0 Å². The van der Waals surface area contributed by atoms with Crippen LogP contribution in [0.3, 0.4) is 0 Å². The van der Waals surface area contributed by atoms with E-state index < -0.39 is 0 Å². The average molecular weight is 283 g/mol. The van der Waals surface area contributed by atoms with Crippen molar-refractivity contribution in [1.29, 1.82) is 0 Å². The second-order valence-electron chi connectivity index (χ2n) is 3.97. The van der Waals surface area contributed by atoms with Gasteiger partial charge in [0.05, 0.1) is 5.02 Å². The summed E-state index contributed by atoms with van der Waals surface area (Å²) in [4.78, 5) is 5.57. The summed E-state index contributed by atoms with van der Waals surface area (Å²) in [5.74, 6) is 0.0989. The number of phenols is 1. The predicted octanol–water partition coefficient (Wildman–Crippen LogP) is 3.67. The first-order chi connectivity index (χ1) is 8.70. The van der Waals surface area contributed by atoms with Gasteiger partial charge in [0.1, 0.15) is 10.8 Å². The summed E-state index contributed by atoms with van der Waals surface area (Å²) >= 11 is 7.52. The Balaban J connectivity index is 2.11. The first kappa shape index (κ1) is 13.3. The van der Waals surface area contributed by atoms with Crippen LogP contribution in [0, 0.1) is 0 Å². The number of benzene rings is 1. The second kappa shape index (κ2) is 6.18. The molecule has 5 heteroatoms. The Labute approximate surface area is 115 Å². The molecule has 0 saturated heterocycles. The number of rotatable bonds is 5. The van der Waals surface area contributed by atoms with E-state index in [0.717, 1.165) is 30.1 Å². The third-order valence-electron chi connectivity index (χ3n) is 2.47. The Hall–Kier alpha value is -1.10. The van der Waals surface area contributed by atoms with E-state index in [1.807, 2.05) is 12.3 Å². The average Bonchev–Trinajstić information content (AvgIpc) is 2.82. The number of aromatic hydroxyl groups is 1. The molecule has 0 aliphatic heterocycles. The normalized spacial score (nSPS) is 10.8. The maximum Gasteiger partial charge on any atom is 0.134 e. The zero-order valence-corrected chi connectivity index (χ0v) is 11.7. The molecule has 0 atom stereocenters. The maximum atomic E-state index is 9.38. The summed E-state index contributed by atoms with van der Waals surface area (Å²) in [6.45, 7) is 4.00. The molecular weight excluding hydrogens is 268 g/mol. The summed E-state index contributed by atoms with van der Waals surface area (Å²) in [7, 11) is 0. The van der Waals surface area contributed by atoms with Gasteiger partial charge in [-0.05, 0) is 31.2 Å². The van der Waals surface area contributed by atoms with E-state index in [-0.39, 0.29) is 5.75 Å². The molecular formula is C13H15ClN2OS. The Morgan fingerprint density at radius 3 is 3.00 bits per heavy atom. The highest BCUT2D eigenvalue weighted by atomic mass is 35.5. The largest absolute Gasteiger partial charge is 0.506 e. The number of halogens is 1. The minimum absolute atomic E-state index is 0.0989. The Morgan fingerprint density at radius 1 is 1.44 bits per heavy atom. The fraction of sp³-hybridized carbons (Fsp3) is 0.308. The van der Waals surface area contributed by atoms with Crippen LogP contribution in [0.1, 0.15) is 18.2 Å². The van der Waals surface area contributed by atoms with Crippen molar-refractivity contribution in [2.45, 2.75) is 19.9 Å². The van der Waals surface area contributed by atoms with Gasteiger partial charge in [-0.1, -0.05) is 18.5 Å². The SMILES string of the molecule is CCCNCc1cnc(-c2ccc(O)c(Cl)c2)s1. The molecule has 0 amide bonds. The molecule has 2 aromatic rings. The van der Waals surface area contributed by atoms with Crippen molar-refractivity contribution in [2.24, 2.45) is 0 Å². The number of aromatic nitrogens is 1. The lowest BCUT2D eigenvalue weighted by Gasteiger charge is -2.00. The quantitative estimate of drug-likeness (QED) is 0.823. The van der Waals surface area contributed by atoms with E-state index >= 15 is 0 Å². The fourth-order valence-electron chi connectivity index (χ4n) is 1.55. The minimum atomic E-state index is 0.0989. The van der Waals surface area contributed by atoms with E-state index in [0.29, 0.717) is 5.02 Å². The van der Waals surface area contributed by atoms with Gasteiger partial charge in [-0.3, -0.25) is 0 Å². The van der Waals surface area contributed by atoms with Crippen LogP contribution >= 0.6 is 22.9 Å². The lowest BCUT2D eigenvalue weighted by Crippen LogP contribution is -2.12. The van der Waals surface area contributed by atoms with Crippen molar-refractivity contribution in [1.82, 2.24) is 10.3 Å². The van der Waals surface area contributed by atoms with E-state index in [9.17, 15) is 5.11 Å². The molecule has 0 radical (unpaired) electrons. The zero-order chi connectivity index (χ0) is 13.0. The van der Waals surface area contributed by atoms with Crippen LogP contribution in [0.2, 0.25) is 5.02 Å². The Kier molecular flexibility index (Phi) is 4.58. The lowest BCUT2D eigenvalue weighted by molar-refractivity contribution is 0.475. The predicted molar refractivity (Wildman–Crippen MR) is 76.2 cm³/mol. The minimum Gasteiger partial charge on any atom is -0.506 e. The molecule has 0 aliphatic rings. The van der Waals surface area contributed by atoms with Crippen LogP contribution in [-0.4, -0.2) is 16.6 Å². The molecule has 0 spiro atoms. The topological polar surface area (TPSA) is 45.2 Å². The van der Waals surface area contributed by atoms with E-state index in [4.69, 9.17) is 11.6 Å². The molecule has 18 heavy (non-hydrogen) atoms. The molecule has 2 rings (SSSR count). The number of hydrogen-bond acceptors (Lipinski definition) is 4. The number of nitrogens with zero attached hydrogens (tertiary/aromatic N) is 1. The van der Waals surface area contributed by atoms with Crippen LogP contribution < -0.4 is 5.32 Å². The Bertz CT molecular complexity index is 527. The molecule has 96 valence electrons.